The summed E-state index contributed by atoms with van der Waals surface area (Å²) in [6.45, 7) is 4.67. The van der Waals surface area contributed by atoms with Crippen molar-refractivity contribution in [1.82, 2.24) is 9.78 Å². The van der Waals surface area contributed by atoms with Crippen LogP contribution in [0.5, 0.6) is 5.75 Å². The fraction of sp³-hybridized carbons (Fsp3) is 0.121. The highest BCUT2D eigenvalue weighted by molar-refractivity contribution is 9.10. The first-order valence-electron chi connectivity index (χ1n) is 13.6. The summed E-state index contributed by atoms with van der Waals surface area (Å²) in [5.74, 6) is 3.04. The lowest BCUT2D eigenvalue weighted by Crippen LogP contribution is -2.46. The first-order valence-corrected chi connectivity index (χ1v) is 14.4. The molecule has 1 aromatic heterocycles. The number of hydrogen-bond acceptors (Lipinski definition) is 6. The Morgan fingerprint density at radius 1 is 0.854 bits per heavy atom. The summed E-state index contributed by atoms with van der Waals surface area (Å²) in [5.41, 5.74) is 6.83. The molecular weight excluding hydrogens is 576 g/mol. The van der Waals surface area contributed by atoms with Crippen LogP contribution in [-0.4, -0.2) is 28.1 Å². The lowest BCUT2D eigenvalue weighted by Gasteiger charge is -2.40. The normalized spacial score (nSPS) is 15.3. The van der Waals surface area contributed by atoms with Crippen molar-refractivity contribution in [3.05, 3.63) is 124 Å². The molecule has 0 spiro atoms. The lowest BCUT2D eigenvalue weighted by molar-refractivity contribution is 0.340. The molecule has 1 N–H and O–H groups in total. The molecule has 4 aromatic carbocycles. The fourth-order valence-corrected chi connectivity index (χ4v) is 5.71. The minimum atomic E-state index is -0.191. The molecule has 0 radical (unpaired) electrons. The van der Waals surface area contributed by atoms with Crippen molar-refractivity contribution in [2.75, 3.05) is 16.8 Å². The summed E-state index contributed by atoms with van der Waals surface area (Å²) < 4.78 is 8.72. The van der Waals surface area contributed by atoms with Gasteiger partial charge in [-0.2, -0.15) is 5.10 Å². The van der Waals surface area contributed by atoms with Gasteiger partial charge in [0, 0.05) is 15.7 Å². The lowest BCUT2D eigenvalue weighted by atomic mass is 9.93. The zero-order valence-electron chi connectivity index (χ0n) is 22.6. The number of rotatable bonds is 5. The quantitative estimate of drug-likeness (QED) is 0.220. The Morgan fingerprint density at radius 2 is 1.59 bits per heavy atom. The number of para-hydroxylation sites is 3. The van der Waals surface area contributed by atoms with E-state index in [0.717, 1.165) is 61.4 Å². The third kappa shape index (κ3) is 4.50. The van der Waals surface area contributed by atoms with E-state index in [1.165, 1.54) is 0 Å². The molecule has 0 saturated heterocycles. The average molecular weight is 604 g/mol. The number of anilines is 2. The van der Waals surface area contributed by atoms with Gasteiger partial charge in [-0.25, -0.2) is 14.7 Å². The van der Waals surface area contributed by atoms with Gasteiger partial charge < -0.3 is 15.0 Å². The summed E-state index contributed by atoms with van der Waals surface area (Å²) in [4.78, 5) is 12.6. The van der Waals surface area contributed by atoms with Crippen LogP contribution < -0.4 is 15.0 Å². The van der Waals surface area contributed by atoms with E-state index in [1.807, 2.05) is 84.4 Å². The molecule has 1 atom stereocenters. The van der Waals surface area contributed by atoms with E-state index in [4.69, 9.17) is 19.8 Å². The number of amidine groups is 2. The molecular formula is C33H27BrN6O. The van der Waals surface area contributed by atoms with Gasteiger partial charge >= 0.3 is 0 Å². The first kappa shape index (κ1) is 25.3. The minimum absolute atomic E-state index is 0.191. The van der Waals surface area contributed by atoms with E-state index >= 15 is 0 Å². The number of aromatic nitrogens is 2. The standard InChI is InChI=1S/C33H27BrN6O/c1-3-41-26-19-13-22(14-20-26)30-29-21(2)38-40(25-9-5-4-6-10-25)32(29)37-33-31(35-24-17-15-23(34)16-18-24)36-27-11-7-8-12-28(27)39(30)33/h4-20,30H,3H2,1-2H3,(H,35,36)/t30-/m1/s1. The second kappa shape index (κ2) is 10.4. The van der Waals surface area contributed by atoms with Crippen LogP contribution in [-0.2, 0) is 0 Å². The second-order valence-electron chi connectivity index (χ2n) is 9.86. The van der Waals surface area contributed by atoms with Crippen molar-refractivity contribution in [3.8, 4) is 11.4 Å². The average Bonchev–Trinajstić information content (AvgIpc) is 3.34. The van der Waals surface area contributed by atoms with Crippen LogP contribution in [0.3, 0.4) is 0 Å². The Kier molecular flexibility index (Phi) is 6.40. The van der Waals surface area contributed by atoms with Crippen molar-refractivity contribution in [1.29, 1.82) is 0 Å². The Labute approximate surface area is 247 Å². The molecule has 0 amide bonds. The highest BCUT2D eigenvalue weighted by atomic mass is 79.9. The molecule has 2 aliphatic rings. The van der Waals surface area contributed by atoms with Crippen molar-refractivity contribution < 1.29 is 4.74 Å². The number of aliphatic imine (C=N–C) groups is 2. The summed E-state index contributed by atoms with van der Waals surface area (Å²) in [6.07, 6.45) is 0. The molecule has 0 fully saturated rings. The van der Waals surface area contributed by atoms with Gasteiger partial charge in [-0.3, -0.25) is 0 Å². The maximum Gasteiger partial charge on any atom is 0.179 e. The maximum absolute atomic E-state index is 5.77. The molecule has 202 valence electrons. The number of aryl methyl sites for hydroxylation is 1. The largest absolute Gasteiger partial charge is 0.494 e. The predicted molar refractivity (Wildman–Crippen MR) is 169 cm³/mol. The fourth-order valence-electron chi connectivity index (χ4n) is 5.45. The molecule has 8 heteroatoms. The number of ether oxygens (including phenoxy) is 1. The molecule has 0 aliphatic carbocycles. The minimum Gasteiger partial charge on any atom is -0.494 e. The highest BCUT2D eigenvalue weighted by Gasteiger charge is 2.41. The number of fused-ring (bicyclic) bond motifs is 4. The molecule has 7 nitrogen and oxygen atoms in total. The Bertz CT molecular complexity index is 1790. The van der Waals surface area contributed by atoms with Gasteiger partial charge in [0.05, 0.1) is 35.4 Å². The van der Waals surface area contributed by atoms with E-state index in [9.17, 15) is 0 Å². The number of halogens is 1. The zero-order chi connectivity index (χ0) is 27.9. The van der Waals surface area contributed by atoms with Crippen molar-refractivity contribution in [2.45, 2.75) is 19.9 Å². The van der Waals surface area contributed by atoms with Gasteiger partial charge in [-0.1, -0.05) is 58.4 Å². The molecule has 7 rings (SSSR count). The topological polar surface area (TPSA) is 67.0 Å². The van der Waals surface area contributed by atoms with E-state index < -0.39 is 0 Å². The van der Waals surface area contributed by atoms with Crippen LogP contribution in [0.1, 0.15) is 29.8 Å². The zero-order valence-corrected chi connectivity index (χ0v) is 24.2. The van der Waals surface area contributed by atoms with Crippen LogP contribution in [0.15, 0.2) is 118 Å². The Morgan fingerprint density at radius 3 is 2.34 bits per heavy atom. The first-order chi connectivity index (χ1) is 20.1. The number of nitrogens with zero attached hydrogens (tertiary/aromatic N) is 5. The predicted octanol–water partition coefficient (Wildman–Crippen LogP) is 8.14. The van der Waals surface area contributed by atoms with E-state index in [1.54, 1.807) is 0 Å². The third-order valence-corrected chi connectivity index (χ3v) is 7.78. The molecule has 5 aromatic rings. The van der Waals surface area contributed by atoms with Crippen LogP contribution in [0.25, 0.3) is 5.69 Å². The maximum atomic E-state index is 5.77. The monoisotopic (exact) mass is 602 g/mol. The van der Waals surface area contributed by atoms with Gasteiger partial charge in [-0.05, 0) is 80.1 Å². The van der Waals surface area contributed by atoms with E-state index in [2.05, 4.69) is 63.4 Å². The molecule has 2 aliphatic heterocycles. The Balaban J connectivity index is 1.46. The van der Waals surface area contributed by atoms with Gasteiger partial charge in [0.25, 0.3) is 0 Å². The molecule has 41 heavy (non-hydrogen) atoms. The van der Waals surface area contributed by atoms with E-state index in [-0.39, 0.29) is 6.04 Å². The van der Waals surface area contributed by atoms with Gasteiger partial charge in [0.15, 0.2) is 17.5 Å². The summed E-state index contributed by atoms with van der Waals surface area (Å²) in [5, 5.41) is 8.56. The summed E-state index contributed by atoms with van der Waals surface area (Å²) in [7, 11) is 0. The van der Waals surface area contributed by atoms with Crippen molar-refractivity contribution in [2.24, 2.45) is 9.98 Å². The molecule has 0 saturated carbocycles. The Hall–Kier alpha value is -4.69. The highest BCUT2D eigenvalue weighted by Crippen LogP contribution is 2.48. The molecule has 3 heterocycles. The molecule has 0 bridgehead atoms. The van der Waals surface area contributed by atoms with Gasteiger partial charge in [-0.15, -0.1) is 0 Å². The third-order valence-electron chi connectivity index (χ3n) is 7.25. The summed E-state index contributed by atoms with van der Waals surface area (Å²) in [6, 6.07) is 34.6. The number of benzene rings is 4. The number of hydrogen-bond donors (Lipinski definition) is 1. The second-order valence-corrected chi connectivity index (χ2v) is 10.8. The van der Waals surface area contributed by atoms with Gasteiger partial charge in [0.2, 0.25) is 0 Å². The van der Waals surface area contributed by atoms with Crippen LogP contribution in [0.2, 0.25) is 0 Å². The van der Waals surface area contributed by atoms with Gasteiger partial charge in [0.1, 0.15) is 5.75 Å². The van der Waals surface area contributed by atoms with Crippen LogP contribution in [0.4, 0.5) is 22.9 Å². The smallest absolute Gasteiger partial charge is 0.179 e. The van der Waals surface area contributed by atoms with Crippen LogP contribution in [0, 0.1) is 6.92 Å². The molecule has 0 unspecified atom stereocenters. The SMILES string of the molecule is CCOc1ccc([C@@H]2c3c(C)nn(-c4ccccc4)c3N=C3C(Nc4ccc(Br)cc4)=Nc4ccccc4N32)cc1. The van der Waals surface area contributed by atoms with Crippen molar-refractivity contribution >= 4 is 50.5 Å². The summed E-state index contributed by atoms with van der Waals surface area (Å²) >= 11 is 3.54. The number of nitrogens with one attached hydrogen (secondary N) is 1. The van der Waals surface area contributed by atoms with E-state index in [0.29, 0.717) is 12.4 Å². The van der Waals surface area contributed by atoms with Crippen molar-refractivity contribution in [3.63, 3.8) is 0 Å². The van der Waals surface area contributed by atoms with Crippen LogP contribution >= 0.6 is 15.9 Å².